The SMILES string of the molecule is Cc1cccc(OC(C)C(=O)N2CCCCC2CCC(=O)O)c1. The fourth-order valence-corrected chi connectivity index (χ4v) is 3.06. The average molecular weight is 319 g/mol. The number of rotatable bonds is 6. The Hall–Kier alpha value is -2.04. The number of likely N-dealkylation sites (tertiary alicyclic amines) is 1. The number of nitrogens with zero attached hydrogens (tertiary/aromatic N) is 1. The highest BCUT2D eigenvalue weighted by Crippen LogP contribution is 2.23. The lowest BCUT2D eigenvalue weighted by molar-refractivity contribution is -0.144. The van der Waals surface area contributed by atoms with E-state index in [9.17, 15) is 9.59 Å². The first-order valence-corrected chi connectivity index (χ1v) is 8.23. The van der Waals surface area contributed by atoms with Gasteiger partial charge in [-0.15, -0.1) is 0 Å². The molecule has 0 aromatic heterocycles. The number of benzene rings is 1. The van der Waals surface area contributed by atoms with Crippen molar-refractivity contribution in [3.63, 3.8) is 0 Å². The van der Waals surface area contributed by atoms with Crippen LogP contribution in [0.15, 0.2) is 24.3 Å². The first-order valence-electron chi connectivity index (χ1n) is 8.23. The van der Waals surface area contributed by atoms with Crippen LogP contribution in [-0.2, 0) is 9.59 Å². The number of carboxylic acids is 1. The Labute approximate surface area is 137 Å². The molecule has 2 unspecified atom stereocenters. The maximum atomic E-state index is 12.7. The molecular weight excluding hydrogens is 294 g/mol. The zero-order valence-corrected chi connectivity index (χ0v) is 13.8. The minimum Gasteiger partial charge on any atom is -0.481 e. The average Bonchev–Trinajstić information content (AvgIpc) is 2.52. The van der Waals surface area contributed by atoms with Gasteiger partial charge >= 0.3 is 5.97 Å². The normalized spacial score (nSPS) is 19.2. The molecular formula is C18H25NO4. The monoisotopic (exact) mass is 319 g/mol. The number of carbonyl (C=O) groups excluding carboxylic acids is 1. The Kier molecular flexibility index (Phi) is 6.02. The number of hydrogen-bond donors (Lipinski definition) is 1. The van der Waals surface area contributed by atoms with E-state index in [4.69, 9.17) is 9.84 Å². The molecule has 5 heteroatoms. The molecule has 1 fully saturated rings. The van der Waals surface area contributed by atoms with E-state index in [1.54, 1.807) is 6.92 Å². The van der Waals surface area contributed by atoms with Gasteiger partial charge in [-0.1, -0.05) is 12.1 Å². The van der Waals surface area contributed by atoms with Crippen LogP contribution < -0.4 is 4.74 Å². The highest BCUT2D eigenvalue weighted by molar-refractivity contribution is 5.81. The van der Waals surface area contributed by atoms with Crippen LogP contribution in [0.3, 0.4) is 0 Å². The van der Waals surface area contributed by atoms with Gasteiger partial charge in [0.2, 0.25) is 0 Å². The van der Waals surface area contributed by atoms with E-state index in [0.717, 1.165) is 24.8 Å². The lowest BCUT2D eigenvalue weighted by atomic mass is 9.97. The fraction of sp³-hybridized carbons (Fsp3) is 0.556. The molecule has 23 heavy (non-hydrogen) atoms. The van der Waals surface area contributed by atoms with E-state index in [-0.39, 0.29) is 18.4 Å². The zero-order valence-electron chi connectivity index (χ0n) is 13.8. The van der Waals surface area contributed by atoms with Crippen molar-refractivity contribution in [3.05, 3.63) is 29.8 Å². The summed E-state index contributed by atoms with van der Waals surface area (Å²) in [5, 5.41) is 8.87. The van der Waals surface area contributed by atoms with Crippen molar-refractivity contribution in [2.45, 2.75) is 58.1 Å². The van der Waals surface area contributed by atoms with E-state index in [0.29, 0.717) is 18.7 Å². The second-order valence-corrected chi connectivity index (χ2v) is 6.19. The molecule has 2 rings (SSSR count). The molecule has 0 aliphatic carbocycles. The highest BCUT2D eigenvalue weighted by Gasteiger charge is 2.30. The summed E-state index contributed by atoms with van der Waals surface area (Å²) in [5.74, 6) is -0.182. The molecule has 0 saturated carbocycles. The van der Waals surface area contributed by atoms with Gasteiger partial charge < -0.3 is 14.7 Å². The van der Waals surface area contributed by atoms with Gasteiger partial charge in [0.15, 0.2) is 6.10 Å². The Morgan fingerprint density at radius 2 is 2.17 bits per heavy atom. The van der Waals surface area contributed by atoms with Crippen LogP contribution in [0.2, 0.25) is 0 Å². The summed E-state index contributed by atoms with van der Waals surface area (Å²) in [6, 6.07) is 7.64. The molecule has 1 aliphatic heterocycles. The van der Waals surface area contributed by atoms with Crippen molar-refractivity contribution in [3.8, 4) is 5.75 Å². The second kappa shape index (κ2) is 7.99. The quantitative estimate of drug-likeness (QED) is 0.875. The third kappa shape index (κ3) is 4.98. The lowest BCUT2D eigenvalue weighted by Gasteiger charge is -2.37. The van der Waals surface area contributed by atoms with Gasteiger partial charge in [-0.3, -0.25) is 9.59 Å². The molecule has 5 nitrogen and oxygen atoms in total. The number of aryl methyl sites for hydroxylation is 1. The predicted octanol–water partition coefficient (Wildman–Crippen LogP) is 3.01. The van der Waals surface area contributed by atoms with Crippen LogP contribution in [0.4, 0.5) is 0 Å². The molecule has 0 spiro atoms. The standard InChI is InChI=1S/C18H25NO4/c1-13-6-5-8-16(12-13)23-14(2)18(22)19-11-4-3-7-15(19)9-10-17(20)21/h5-6,8,12,14-15H,3-4,7,9-11H2,1-2H3,(H,20,21). The van der Waals surface area contributed by atoms with Crippen molar-refractivity contribution in [1.82, 2.24) is 4.90 Å². The van der Waals surface area contributed by atoms with E-state index in [1.165, 1.54) is 0 Å². The highest BCUT2D eigenvalue weighted by atomic mass is 16.5. The minimum atomic E-state index is -0.813. The Bertz CT molecular complexity index is 558. The van der Waals surface area contributed by atoms with E-state index >= 15 is 0 Å². The zero-order chi connectivity index (χ0) is 16.8. The predicted molar refractivity (Wildman–Crippen MR) is 87.5 cm³/mol. The van der Waals surface area contributed by atoms with Gasteiger partial charge in [-0.05, 0) is 57.2 Å². The molecule has 1 saturated heterocycles. The number of piperidine rings is 1. The van der Waals surface area contributed by atoms with Crippen molar-refractivity contribution < 1.29 is 19.4 Å². The van der Waals surface area contributed by atoms with Gasteiger partial charge in [-0.2, -0.15) is 0 Å². The fourth-order valence-electron chi connectivity index (χ4n) is 3.06. The van der Waals surface area contributed by atoms with Gasteiger partial charge in [0.1, 0.15) is 5.75 Å². The number of hydrogen-bond acceptors (Lipinski definition) is 3. The summed E-state index contributed by atoms with van der Waals surface area (Å²) in [7, 11) is 0. The van der Waals surface area contributed by atoms with Crippen molar-refractivity contribution in [2.24, 2.45) is 0 Å². The van der Waals surface area contributed by atoms with Crippen LogP contribution in [0.1, 0.15) is 44.6 Å². The maximum Gasteiger partial charge on any atom is 0.303 e. The maximum absolute atomic E-state index is 12.7. The third-order valence-corrected chi connectivity index (χ3v) is 4.25. The molecule has 2 atom stereocenters. The number of carboxylic acid groups (broad SMARTS) is 1. The lowest BCUT2D eigenvalue weighted by Crippen LogP contribution is -2.49. The summed E-state index contributed by atoms with van der Waals surface area (Å²) in [5.41, 5.74) is 1.08. The molecule has 1 aromatic rings. The Balaban J connectivity index is 1.99. The number of amides is 1. The summed E-state index contributed by atoms with van der Waals surface area (Å²) >= 11 is 0. The van der Waals surface area contributed by atoms with Gasteiger partial charge in [0.05, 0.1) is 0 Å². The summed E-state index contributed by atoms with van der Waals surface area (Å²) < 4.78 is 5.78. The van der Waals surface area contributed by atoms with E-state index in [1.807, 2.05) is 36.1 Å². The summed E-state index contributed by atoms with van der Waals surface area (Å²) in [4.78, 5) is 25.3. The van der Waals surface area contributed by atoms with Crippen LogP contribution in [0.25, 0.3) is 0 Å². The number of ether oxygens (including phenoxy) is 1. The minimum absolute atomic E-state index is 0.0101. The second-order valence-electron chi connectivity index (χ2n) is 6.19. The first kappa shape index (κ1) is 17.3. The Morgan fingerprint density at radius 3 is 2.87 bits per heavy atom. The topological polar surface area (TPSA) is 66.8 Å². The van der Waals surface area contributed by atoms with Crippen LogP contribution >= 0.6 is 0 Å². The number of aliphatic carboxylic acids is 1. The largest absolute Gasteiger partial charge is 0.481 e. The van der Waals surface area contributed by atoms with Crippen molar-refractivity contribution in [2.75, 3.05) is 6.54 Å². The summed E-state index contributed by atoms with van der Waals surface area (Å²) in [6.07, 6.45) is 2.92. The molecule has 1 N–H and O–H groups in total. The molecule has 0 bridgehead atoms. The molecule has 1 heterocycles. The smallest absolute Gasteiger partial charge is 0.303 e. The first-order chi connectivity index (χ1) is 11.0. The van der Waals surface area contributed by atoms with Gasteiger partial charge in [0, 0.05) is 19.0 Å². The summed E-state index contributed by atoms with van der Waals surface area (Å²) in [6.45, 7) is 4.42. The molecule has 1 aliphatic rings. The molecule has 1 amide bonds. The van der Waals surface area contributed by atoms with Gasteiger partial charge in [0.25, 0.3) is 5.91 Å². The van der Waals surface area contributed by atoms with Crippen LogP contribution in [0, 0.1) is 6.92 Å². The van der Waals surface area contributed by atoms with Gasteiger partial charge in [-0.25, -0.2) is 0 Å². The van der Waals surface area contributed by atoms with Crippen LogP contribution in [0.5, 0.6) is 5.75 Å². The number of carbonyl (C=O) groups is 2. The Morgan fingerprint density at radius 1 is 1.39 bits per heavy atom. The van der Waals surface area contributed by atoms with E-state index in [2.05, 4.69) is 0 Å². The van der Waals surface area contributed by atoms with Crippen molar-refractivity contribution in [1.29, 1.82) is 0 Å². The molecule has 1 aromatic carbocycles. The third-order valence-electron chi connectivity index (χ3n) is 4.25. The van der Waals surface area contributed by atoms with E-state index < -0.39 is 12.1 Å². The van der Waals surface area contributed by atoms with Crippen LogP contribution in [-0.4, -0.2) is 40.6 Å². The van der Waals surface area contributed by atoms with Crippen molar-refractivity contribution >= 4 is 11.9 Å². The molecule has 126 valence electrons. The molecule has 0 radical (unpaired) electrons.